The fourth-order valence-corrected chi connectivity index (χ4v) is 2.48. The molecule has 0 spiro atoms. The van der Waals surface area contributed by atoms with E-state index in [0.29, 0.717) is 0 Å². The molecule has 0 fully saturated rings. The minimum Gasteiger partial charge on any atom is -0.273 e. The smallest absolute Gasteiger partial charge is 0.239 e. The molecular weight excluding hydrogens is 299 g/mol. The van der Waals surface area contributed by atoms with Crippen molar-refractivity contribution >= 4 is 35.4 Å². The van der Waals surface area contributed by atoms with Crippen LogP contribution in [0.2, 0.25) is 0 Å². The summed E-state index contributed by atoms with van der Waals surface area (Å²) in [6, 6.07) is 0. The number of nitrogens with one attached hydrogen (secondary N) is 2. The summed E-state index contributed by atoms with van der Waals surface area (Å²) in [5.41, 5.74) is -0.862. The summed E-state index contributed by atoms with van der Waals surface area (Å²) < 4.78 is 0. The molecule has 0 aromatic rings. The first kappa shape index (κ1) is 19.5. The molecule has 0 bridgehead atoms. The Labute approximate surface area is 132 Å². The third-order valence-corrected chi connectivity index (χ3v) is 4.10. The SMILES string of the molecule is CC(C)(CCCCCCC(C)(C)C(=O)NCl)C(=O)NCl. The molecule has 0 aromatic carbocycles. The molecule has 2 amide bonds. The predicted molar refractivity (Wildman–Crippen MR) is 83.3 cm³/mol. The molecule has 2 N–H and O–H groups in total. The molecule has 0 aliphatic carbocycles. The lowest BCUT2D eigenvalue weighted by molar-refractivity contribution is -0.128. The lowest BCUT2D eigenvalue weighted by atomic mass is 9.84. The van der Waals surface area contributed by atoms with Gasteiger partial charge in [-0.2, -0.15) is 0 Å². The number of carbonyl (C=O) groups excluding carboxylic acids is 2. The predicted octanol–water partition coefficient (Wildman–Crippen LogP) is 3.92. The van der Waals surface area contributed by atoms with Gasteiger partial charge in [0.2, 0.25) is 11.8 Å². The maximum absolute atomic E-state index is 11.5. The monoisotopic (exact) mass is 324 g/mol. The number of amides is 2. The van der Waals surface area contributed by atoms with Gasteiger partial charge in [0.05, 0.1) is 0 Å². The van der Waals surface area contributed by atoms with Crippen LogP contribution in [0.3, 0.4) is 0 Å². The molecule has 4 nitrogen and oxygen atoms in total. The Morgan fingerprint density at radius 2 is 1.05 bits per heavy atom. The third-order valence-electron chi connectivity index (χ3n) is 3.75. The van der Waals surface area contributed by atoms with E-state index in [1.165, 1.54) is 0 Å². The van der Waals surface area contributed by atoms with Crippen molar-refractivity contribution in [2.45, 2.75) is 66.2 Å². The second-order valence-corrected chi connectivity index (χ2v) is 6.91. The van der Waals surface area contributed by atoms with Crippen LogP contribution in [0.5, 0.6) is 0 Å². The molecule has 6 heteroatoms. The van der Waals surface area contributed by atoms with Crippen LogP contribution in [-0.4, -0.2) is 11.8 Å². The quantitative estimate of drug-likeness (QED) is 0.499. The van der Waals surface area contributed by atoms with Gasteiger partial charge in [-0.15, -0.1) is 0 Å². The number of rotatable bonds is 9. The molecule has 0 aliphatic rings. The van der Waals surface area contributed by atoms with Crippen molar-refractivity contribution < 1.29 is 9.59 Å². The van der Waals surface area contributed by atoms with Crippen molar-refractivity contribution in [1.82, 2.24) is 9.67 Å². The van der Waals surface area contributed by atoms with Gasteiger partial charge in [0.1, 0.15) is 0 Å². The standard InChI is InChI=1S/C14H26Cl2N2O2/c1-13(2,11(19)17-15)9-7-5-6-8-10-14(3,4)12(20)18-16/h5-10H2,1-4H3,(H,17,19)(H,18,20). The Morgan fingerprint density at radius 3 is 1.30 bits per heavy atom. The maximum Gasteiger partial charge on any atom is 0.239 e. The summed E-state index contributed by atoms with van der Waals surface area (Å²) in [4.78, 5) is 27.3. The molecule has 0 radical (unpaired) electrons. The summed E-state index contributed by atoms with van der Waals surface area (Å²) in [6.45, 7) is 7.55. The molecule has 0 aromatic heterocycles. The van der Waals surface area contributed by atoms with Crippen LogP contribution in [0.1, 0.15) is 66.2 Å². The van der Waals surface area contributed by atoms with Crippen LogP contribution in [0, 0.1) is 10.8 Å². The van der Waals surface area contributed by atoms with Crippen LogP contribution in [0.25, 0.3) is 0 Å². The lowest BCUT2D eigenvalue weighted by Gasteiger charge is -2.22. The highest BCUT2D eigenvalue weighted by molar-refractivity contribution is 6.22. The van der Waals surface area contributed by atoms with E-state index in [1.54, 1.807) is 0 Å². The summed E-state index contributed by atoms with van der Waals surface area (Å²) in [7, 11) is 0. The van der Waals surface area contributed by atoms with Gasteiger partial charge in [-0.25, -0.2) is 0 Å². The van der Waals surface area contributed by atoms with Crippen LogP contribution in [0.4, 0.5) is 0 Å². The highest BCUT2D eigenvalue weighted by atomic mass is 35.5. The molecule has 0 atom stereocenters. The summed E-state index contributed by atoms with van der Waals surface area (Å²) in [5.74, 6) is -0.279. The summed E-state index contributed by atoms with van der Waals surface area (Å²) in [6.07, 6.45) is 5.63. The normalized spacial score (nSPS) is 12.1. The van der Waals surface area contributed by atoms with Crippen molar-refractivity contribution in [3.8, 4) is 0 Å². The van der Waals surface area contributed by atoms with E-state index in [2.05, 4.69) is 9.67 Å². The maximum atomic E-state index is 11.5. The molecule has 20 heavy (non-hydrogen) atoms. The van der Waals surface area contributed by atoms with Crippen molar-refractivity contribution in [2.24, 2.45) is 10.8 Å². The van der Waals surface area contributed by atoms with Crippen molar-refractivity contribution in [1.29, 1.82) is 0 Å². The van der Waals surface area contributed by atoms with E-state index in [1.807, 2.05) is 27.7 Å². The molecule has 0 aliphatic heterocycles. The summed E-state index contributed by atoms with van der Waals surface area (Å²) >= 11 is 10.7. The average molecular weight is 325 g/mol. The lowest BCUT2D eigenvalue weighted by Crippen LogP contribution is -2.32. The Hall–Kier alpha value is -0.480. The zero-order chi connectivity index (χ0) is 15.8. The van der Waals surface area contributed by atoms with E-state index in [9.17, 15) is 9.59 Å². The molecule has 0 heterocycles. The van der Waals surface area contributed by atoms with Gasteiger partial charge in [-0.05, 0) is 12.8 Å². The average Bonchev–Trinajstić information content (AvgIpc) is 2.40. The van der Waals surface area contributed by atoms with Crippen LogP contribution in [0.15, 0.2) is 0 Å². The number of hydrogen-bond donors (Lipinski definition) is 2. The zero-order valence-electron chi connectivity index (χ0n) is 12.8. The minimum absolute atomic E-state index is 0.140. The topological polar surface area (TPSA) is 58.2 Å². The largest absolute Gasteiger partial charge is 0.273 e. The van der Waals surface area contributed by atoms with Crippen molar-refractivity contribution in [3.63, 3.8) is 0 Å². The fourth-order valence-electron chi connectivity index (χ4n) is 1.97. The van der Waals surface area contributed by atoms with Gasteiger partial charge in [0.15, 0.2) is 0 Å². The number of hydrogen-bond acceptors (Lipinski definition) is 2. The number of halogens is 2. The molecule has 0 saturated carbocycles. The van der Waals surface area contributed by atoms with Crippen LogP contribution < -0.4 is 9.67 Å². The van der Waals surface area contributed by atoms with Gasteiger partial charge < -0.3 is 0 Å². The van der Waals surface area contributed by atoms with E-state index in [0.717, 1.165) is 38.5 Å². The van der Waals surface area contributed by atoms with E-state index in [-0.39, 0.29) is 11.8 Å². The van der Waals surface area contributed by atoms with Gasteiger partial charge in [-0.1, -0.05) is 53.4 Å². The first-order valence-corrected chi connectivity index (χ1v) is 7.75. The zero-order valence-corrected chi connectivity index (χ0v) is 14.3. The second-order valence-electron chi connectivity index (χ2n) is 6.53. The highest BCUT2D eigenvalue weighted by Gasteiger charge is 2.27. The van der Waals surface area contributed by atoms with Gasteiger partial charge in [0.25, 0.3) is 0 Å². The molecular formula is C14H26Cl2N2O2. The van der Waals surface area contributed by atoms with E-state index in [4.69, 9.17) is 23.6 Å². The highest BCUT2D eigenvalue weighted by Crippen LogP contribution is 2.27. The Morgan fingerprint density at radius 1 is 0.750 bits per heavy atom. The molecule has 0 saturated heterocycles. The van der Waals surface area contributed by atoms with Crippen molar-refractivity contribution in [2.75, 3.05) is 0 Å². The Bertz CT molecular complexity index is 299. The molecule has 0 unspecified atom stereocenters. The van der Waals surface area contributed by atoms with E-state index >= 15 is 0 Å². The van der Waals surface area contributed by atoms with Gasteiger partial charge in [-0.3, -0.25) is 19.3 Å². The molecule has 118 valence electrons. The Kier molecular flexibility index (Phi) is 8.52. The minimum atomic E-state index is -0.431. The molecule has 0 rings (SSSR count). The van der Waals surface area contributed by atoms with Gasteiger partial charge >= 0.3 is 0 Å². The second kappa shape index (κ2) is 8.73. The van der Waals surface area contributed by atoms with E-state index < -0.39 is 10.8 Å². The first-order chi connectivity index (χ1) is 9.17. The van der Waals surface area contributed by atoms with Crippen LogP contribution >= 0.6 is 23.6 Å². The number of unbranched alkanes of at least 4 members (excludes halogenated alkanes) is 3. The first-order valence-electron chi connectivity index (χ1n) is 6.99. The van der Waals surface area contributed by atoms with Crippen molar-refractivity contribution in [3.05, 3.63) is 0 Å². The van der Waals surface area contributed by atoms with Gasteiger partial charge in [0, 0.05) is 34.4 Å². The summed E-state index contributed by atoms with van der Waals surface area (Å²) in [5, 5.41) is 0. The van der Waals surface area contributed by atoms with Crippen LogP contribution in [-0.2, 0) is 9.59 Å². The third kappa shape index (κ3) is 6.80. The Balaban J connectivity index is 3.84. The number of carbonyl (C=O) groups is 2. The fraction of sp³-hybridized carbons (Fsp3) is 0.857.